The van der Waals surface area contributed by atoms with E-state index in [1.54, 1.807) is 12.1 Å². The molecule has 0 fully saturated rings. The Kier molecular flexibility index (Phi) is 5.66. The van der Waals surface area contributed by atoms with Gasteiger partial charge in [0, 0.05) is 17.1 Å². The average Bonchev–Trinajstić information content (AvgIpc) is 2.27. The predicted octanol–water partition coefficient (Wildman–Crippen LogP) is 2.89. The summed E-state index contributed by atoms with van der Waals surface area (Å²) in [6, 6.07) is 7.32. The highest BCUT2D eigenvalue weighted by molar-refractivity contribution is 7.82. The van der Waals surface area contributed by atoms with Crippen molar-refractivity contribution in [3.63, 3.8) is 0 Å². The number of benzene rings is 1. The molecule has 0 spiro atoms. The summed E-state index contributed by atoms with van der Waals surface area (Å²) in [7, 11) is 0. The molecule has 0 heterocycles. The first-order chi connectivity index (χ1) is 7.63. The molecule has 0 atom stereocenters. The molecule has 1 rings (SSSR count). The lowest BCUT2D eigenvalue weighted by atomic mass is 10.2. The summed E-state index contributed by atoms with van der Waals surface area (Å²) in [6.45, 7) is 2.92. The lowest BCUT2D eigenvalue weighted by molar-refractivity contribution is 0.837. The zero-order valence-corrected chi connectivity index (χ0v) is 11.3. The van der Waals surface area contributed by atoms with E-state index in [1.807, 2.05) is 12.1 Å². The van der Waals surface area contributed by atoms with Crippen molar-refractivity contribution in [3.05, 3.63) is 34.9 Å². The smallest absolute Gasteiger partial charge is 0.171 e. The fourth-order valence-electron chi connectivity index (χ4n) is 1.06. The van der Waals surface area contributed by atoms with Gasteiger partial charge < -0.3 is 10.6 Å². The van der Waals surface area contributed by atoms with Crippen molar-refractivity contribution in [1.29, 1.82) is 0 Å². The average molecular weight is 273 g/mol. The molecule has 1 aromatic carbocycles. The summed E-state index contributed by atoms with van der Waals surface area (Å²) in [6.07, 6.45) is 1.02. The standard InChI is InChI=1S/C11H13ClN2S2/c1-2-7-13-11(16)14-10(15)8-3-5-9(12)6-4-8/h3-6H,2,7H2,1H3,(H2,13,14,15,16). The van der Waals surface area contributed by atoms with Gasteiger partial charge in [0.05, 0.1) is 0 Å². The molecule has 0 saturated carbocycles. The van der Waals surface area contributed by atoms with Crippen LogP contribution in [0.3, 0.4) is 0 Å². The normalized spacial score (nSPS) is 9.62. The van der Waals surface area contributed by atoms with Gasteiger partial charge in [0.2, 0.25) is 0 Å². The Morgan fingerprint density at radius 1 is 1.25 bits per heavy atom. The highest BCUT2D eigenvalue weighted by Crippen LogP contribution is 2.09. The molecule has 1 aromatic rings. The lowest BCUT2D eigenvalue weighted by Crippen LogP contribution is -2.38. The van der Waals surface area contributed by atoms with Crippen molar-refractivity contribution in [2.45, 2.75) is 13.3 Å². The first-order valence-corrected chi connectivity index (χ1v) is 6.17. The second-order valence-corrected chi connectivity index (χ2v) is 4.47. The largest absolute Gasteiger partial charge is 0.362 e. The van der Waals surface area contributed by atoms with E-state index < -0.39 is 0 Å². The van der Waals surface area contributed by atoms with E-state index in [9.17, 15) is 0 Å². The quantitative estimate of drug-likeness (QED) is 0.827. The minimum absolute atomic E-state index is 0.557. The summed E-state index contributed by atoms with van der Waals surface area (Å²) in [4.78, 5) is 0.602. The van der Waals surface area contributed by atoms with E-state index in [0.717, 1.165) is 18.5 Å². The molecule has 0 aliphatic rings. The maximum Gasteiger partial charge on any atom is 0.171 e. The van der Waals surface area contributed by atoms with Crippen LogP contribution in [0.1, 0.15) is 18.9 Å². The second-order valence-electron chi connectivity index (χ2n) is 3.22. The van der Waals surface area contributed by atoms with Crippen molar-refractivity contribution in [2.75, 3.05) is 6.54 Å². The molecule has 0 saturated heterocycles. The Hall–Kier alpha value is -0.710. The summed E-state index contributed by atoms with van der Waals surface area (Å²) in [5.74, 6) is 0. The molecule has 86 valence electrons. The van der Waals surface area contributed by atoms with Gasteiger partial charge in [-0.3, -0.25) is 0 Å². The maximum atomic E-state index is 5.79. The minimum Gasteiger partial charge on any atom is -0.362 e. The monoisotopic (exact) mass is 272 g/mol. The molecule has 0 unspecified atom stereocenters. The second kappa shape index (κ2) is 6.78. The molecule has 5 heteroatoms. The molecular weight excluding hydrogens is 260 g/mol. The van der Waals surface area contributed by atoms with Gasteiger partial charge >= 0.3 is 0 Å². The fourth-order valence-corrected chi connectivity index (χ4v) is 1.69. The molecule has 2 N–H and O–H groups in total. The van der Waals surface area contributed by atoms with Crippen LogP contribution >= 0.6 is 36.0 Å². The zero-order chi connectivity index (χ0) is 12.0. The van der Waals surface area contributed by atoms with Crippen LogP contribution in [-0.2, 0) is 0 Å². The van der Waals surface area contributed by atoms with Crippen LogP contribution in [0.4, 0.5) is 0 Å². The minimum atomic E-state index is 0.557. The van der Waals surface area contributed by atoms with Crippen molar-refractivity contribution < 1.29 is 0 Å². The Morgan fingerprint density at radius 3 is 2.44 bits per heavy atom. The van der Waals surface area contributed by atoms with Gasteiger partial charge in [-0.15, -0.1) is 0 Å². The molecular formula is C11H13ClN2S2. The zero-order valence-electron chi connectivity index (χ0n) is 8.92. The van der Waals surface area contributed by atoms with Gasteiger partial charge in [0.1, 0.15) is 4.99 Å². The molecule has 0 radical (unpaired) electrons. The van der Waals surface area contributed by atoms with Gasteiger partial charge in [-0.05, 0) is 30.8 Å². The Balaban J connectivity index is 2.52. The third-order valence-electron chi connectivity index (χ3n) is 1.87. The first kappa shape index (κ1) is 13.4. The maximum absolute atomic E-state index is 5.79. The lowest BCUT2D eigenvalue weighted by Gasteiger charge is -2.10. The molecule has 0 aliphatic heterocycles. The van der Waals surface area contributed by atoms with E-state index in [-0.39, 0.29) is 0 Å². The van der Waals surface area contributed by atoms with Crippen molar-refractivity contribution in [1.82, 2.24) is 10.6 Å². The molecule has 0 aromatic heterocycles. The summed E-state index contributed by atoms with van der Waals surface area (Å²) in [5.41, 5.74) is 0.903. The van der Waals surface area contributed by atoms with E-state index in [4.69, 9.17) is 36.0 Å². The molecule has 2 nitrogen and oxygen atoms in total. The number of halogens is 1. The molecule has 0 aliphatic carbocycles. The molecule has 16 heavy (non-hydrogen) atoms. The highest BCUT2D eigenvalue weighted by atomic mass is 35.5. The Bertz CT molecular complexity index is 376. The summed E-state index contributed by atoms with van der Waals surface area (Å²) >= 11 is 16.1. The number of hydrogen-bond donors (Lipinski definition) is 2. The Labute approximate surface area is 111 Å². The van der Waals surface area contributed by atoms with Crippen molar-refractivity contribution in [3.8, 4) is 0 Å². The van der Waals surface area contributed by atoms with Crippen LogP contribution in [0.25, 0.3) is 0 Å². The van der Waals surface area contributed by atoms with Crippen LogP contribution in [-0.4, -0.2) is 16.6 Å². The van der Waals surface area contributed by atoms with Crippen molar-refractivity contribution >= 4 is 46.1 Å². The van der Waals surface area contributed by atoms with Crippen molar-refractivity contribution in [2.24, 2.45) is 0 Å². The SMILES string of the molecule is CCCNC(=S)NC(=S)c1ccc(Cl)cc1. The van der Waals surface area contributed by atoms with Crippen LogP contribution in [0, 0.1) is 0 Å². The summed E-state index contributed by atoms with van der Waals surface area (Å²) in [5, 5.41) is 7.26. The van der Waals surface area contributed by atoms with Gasteiger partial charge in [0.25, 0.3) is 0 Å². The highest BCUT2D eigenvalue weighted by Gasteiger charge is 2.02. The van der Waals surface area contributed by atoms with Crippen LogP contribution in [0.15, 0.2) is 24.3 Å². The number of hydrogen-bond acceptors (Lipinski definition) is 2. The summed E-state index contributed by atoms with van der Waals surface area (Å²) < 4.78 is 0. The van der Waals surface area contributed by atoms with Gasteiger partial charge in [-0.25, -0.2) is 0 Å². The van der Waals surface area contributed by atoms with E-state index in [1.165, 1.54) is 0 Å². The number of thiocarbonyl (C=S) groups is 2. The van der Waals surface area contributed by atoms with Crippen LogP contribution < -0.4 is 10.6 Å². The van der Waals surface area contributed by atoms with Gasteiger partial charge in [-0.2, -0.15) is 0 Å². The Morgan fingerprint density at radius 2 is 1.88 bits per heavy atom. The third-order valence-corrected chi connectivity index (χ3v) is 2.71. The molecule has 0 amide bonds. The van der Waals surface area contributed by atoms with E-state index in [0.29, 0.717) is 15.1 Å². The van der Waals surface area contributed by atoms with Gasteiger partial charge in [0.15, 0.2) is 5.11 Å². The van der Waals surface area contributed by atoms with E-state index in [2.05, 4.69) is 17.6 Å². The van der Waals surface area contributed by atoms with Crippen LogP contribution in [0.2, 0.25) is 5.02 Å². The van der Waals surface area contributed by atoms with E-state index >= 15 is 0 Å². The molecule has 0 bridgehead atoms. The first-order valence-electron chi connectivity index (χ1n) is 4.98. The fraction of sp³-hybridized carbons (Fsp3) is 0.273. The predicted molar refractivity (Wildman–Crippen MR) is 77.2 cm³/mol. The number of rotatable bonds is 3. The topological polar surface area (TPSA) is 24.1 Å². The van der Waals surface area contributed by atoms with Crippen LogP contribution in [0.5, 0.6) is 0 Å². The number of nitrogens with one attached hydrogen (secondary N) is 2. The van der Waals surface area contributed by atoms with Gasteiger partial charge in [-0.1, -0.05) is 42.9 Å². The third kappa shape index (κ3) is 4.43.